The molecule has 0 amide bonds. The van der Waals surface area contributed by atoms with E-state index < -0.39 is 5.97 Å². The molecule has 0 fully saturated rings. The van der Waals surface area contributed by atoms with Gasteiger partial charge in [-0.25, -0.2) is 0 Å². The first kappa shape index (κ1) is 11.4. The highest BCUT2D eigenvalue weighted by Crippen LogP contribution is 2.17. The van der Waals surface area contributed by atoms with Crippen LogP contribution in [0.2, 0.25) is 0 Å². The first-order valence-corrected chi connectivity index (χ1v) is 4.78. The molecule has 0 aliphatic rings. The molecule has 1 rings (SSSR count). The minimum atomic E-state index is -1.11. The van der Waals surface area contributed by atoms with Gasteiger partial charge in [0.1, 0.15) is 11.5 Å². The van der Waals surface area contributed by atoms with Gasteiger partial charge in [-0.05, 0) is 31.2 Å². The van der Waals surface area contributed by atoms with E-state index in [-0.39, 0.29) is 13.0 Å². The minimum Gasteiger partial charge on any atom is -0.550 e. The highest BCUT2D eigenvalue weighted by atomic mass is 16.5. The van der Waals surface area contributed by atoms with E-state index in [1.54, 1.807) is 24.3 Å². The smallest absolute Gasteiger partial charge is 0.119 e. The van der Waals surface area contributed by atoms with Crippen LogP contribution in [-0.4, -0.2) is 19.2 Å². The van der Waals surface area contributed by atoms with Crippen LogP contribution >= 0.6 is 0 Å². The number of benzene rings is 1. The Labute approximate surface area is 88.4 Å². The largest absolute Gasteiger partial charge is 0.550 e. The van der Waals surface area contributed by atoms with Crippen molar-refractivity contribution in [3.05, 3.63) is 24.3 Å². The second-order valence-corrected chi connectivity index (χ2v) is 2.87. The monoisotopic (exact) mass is 209 g/mol. The fraction of sp³-hybridized carbons (Fsp3) is 0.364. The summed E-state index contributed by atoms with van der Waals surface area (Å²) in [6, 6.07) is 7.02. The Morgan fingerprint density at radius 3 is 2.20 bits per heavy atom. The Morgan fingerprint density at radius 2 is 1.73 bits per heavy atom. The topological polar surface area (TPSA) is 58.6 Å². The standard InChI is InChI=1S/C11H14O4/c1-2-14-9-3-5-10(6-4-9)15-8-7-11(12)13/h3-6H,2,7-8H2,1H3,(H,12,13)/p-1. The van der Waals surface area contributed by atoms with Gasteiger partial charge in [0.15, 0.2) is 0 Å². The zero-order valence-electron chi connectivity index (χ0n) is 8.56. The van der Waals surface area contributed by atoms with Gasteiger partial charge in [-0.3, -0.25) is 0 Å². The molecule has 15 heavy (non-hydrogen) atoms. The van der Waals surface area contributed by atoms with Crippen LogP contribution < -0.4 is 14.6 Å². The predicted octanol–water partition coefficient (Wildman–Crippen LogP) is 0.604. The summed E-state index contributed by atoms with van der Waals surface area (Å²) in [7, 11) is 0. The molecule has 0 aromatic heterocycles. The number of carbonyl (C=O) groups is 1. The van der Waals surface area contributed by atoms with Crippen molar-refractivity contribution in [3.8, 4) is 11.5 Å². The molecule has 0 unspecified atom stereocenters. The number of rotatable bonds is 6. The summed E-state index contributed by atoms with van der Waals surface area (Å²) in [5.74, 6) is 0.283. The van der Waals surface area contributed by atoms with Crippen molar-refractivity contribution in [2.75, 3.05) is 13.2 Å². The highest BCUT2D eigenvalue weighted by Gasteiger charge is 1.95. The van der Waals surface area contributed by atoms with E-state index in [9.17, 15) is 9.90 Å². The molecule has 1 aromatic rings. The number of aliphatic carboxylic acids is 1. The van der Waals surface area contributed by atoms with E-state index in [4.69, 9.17) is 9.47 Å². The van der Waals surface area contributed by atoms with Crippen molar-refractivity contribution in [1.29, 1.82) is 0 Å². The molecule has 4 heteroatoms. The summed E-state index contributed by atoms with van der Waals surface area (Å²) < 4.78 is 10.4. The van der Waals surface area contributed by atoms with Crippen LogP contribution in [0.3, 0.4) is 0 Å². The first-order chi connectivity index (χ1) is 7.22. The number of ether oxygens (including phenoxy) is 2. The SMILES string of the molecule is CCOc1ccc(OCCC(=O)[O-])cc1. The Bertz CT molecular complexity index is 305. The van der Waals surface area contributed by atoms with Crippen LogP contribution in [0.5, 0.6) is 11.5 Å². The van der Waals surface area contributed by atoms with Gasteiger partial charge >= 0.3 is 0 Å². The number of carboxylic acid groups (broad SMARTS) is 1. The van der Waals surface area contributed by atoms with Crippen LogP contribution in [-0.2, 0) is 4.79 Å². The second kappa shape index (κ2) is 5.90. The summed E-state index contributed by atoms with van der Waals surface area (Å²) in [4.78, 5) is 10.1. The van der Waals surface area contributed by atoms with E-state index in [1.165, 1.54) is 0 Å². The average Bonchev–Trinajstić information content (AvgIpc) is 2.20. The molecule has 0 spiro atoms. The number of carboxylic acids is 1. The highest BCUT2D eigenvalue weighted by molar-refractivity contribution is 5.64. The van der Waals surface area contributed by atoms with Crippen molar-refractivity contribution in [2.24, 2.45) is 0 Å². The minimum absolute atomic E-state index is 0.104. The molecule has 0 saturated heterocycles. The van der Waals surface area contributed by atoms with Gasteiger partial charge in [-0.1, -0.05) is 0 Å². The Kier molecular flexibility index (Phi) is 4.47. The van der Waals surface area contributed by atoms with E-state index in [1.807, 2.05) is 6.92 Å². The van der Waals surface area contributed by atoms with Crippen LogP contribution in [0.15, 0.2) is 24.3 Å². The van der Waals surface area contributed by atoms with Gasteiger partial charge in [0.2, 0.25) is 0 Å². The lowest BCUT2D eigenvalue weighted by Crippen LogP contribution is -2.24. The average molecular weight is 209 g/mol. The fourth-order valence-electron chi connectivity index (χ4n) is 1.05. The van der Waals surface area contributed by atoms with Crippen molar-refractivity contribution in [3.63, 3.8) is 0 Å². The Balaban J connectivity index is 2.39. The van der Waals surface area contributed by atoms with Crippen LogP contribution in [0, 0.1) is 0 Å². The molecule has 0 aliphatic carbocycles. The van der Waals surface area contributed by atoms with Crippen molar-refractivity contribution in [1.82, 2.24) is 0 Å². The third kappa shape index (κ3) is 4.35. The maximum absolute atomic E-state index is 10.1. The van der Waals surface area contributed by atoms with Crippen molar-refractivity contribution >= 4 is 5.97 Å². The number of hydrogen-bond donors (Lipinski definition) is 0. The van der Waals surface area contributed by atoms with E-state index in [0.29, 0.717) is 12.4 Å². The molecule has 82 valence electrons. The number of carbonyl (C=O) groups excluding carboxylic acids is 1. The molecule has 0 atom stereocenters. The lowest BCUT2D eigenvalue weighted by atomic mass is 10.3. The van der Waals surface area contributed by atoms with E-state index in [2.05, 4.69) is 0 Å². The molecular weight excluding hydrogens is 196 g/mol. The Hall–Kier alpha value is -1.71. The summed E-state index contributed by atoms with van der Waals surface area (Å²) in [5, 5.41) is 10.1. The van der Waals surface area contributed by atoms with E-state index >= 15 is 0 Å². The summed E-state index contributed by atoms with van der Waals surface area (Å²) in [6.45, 7) is 2.64. The van der Waals surface area contributed by atoms with Gasteiger partial charge in [-0.15, -0.1) is 0 Å². The molecule has 0 bridgehead atoms. The molecular formula is C11H13O4-. The molecule has 0 heterocycles. The molecule has 0 aliphatic heterocycles. The molecule has 1 aromatic carbocycles. The zero-order valence-corrected chi connectivity index (χ0v) is 8.56. The predicted molar refractivity (Wildman–Crippen MR) is 52.7 cm³/mol. The quantitative estimate of drug-likeness (QED) is 0.688. The summed E-state index contributed by atoms with van der Waals surface area (Å²) in [6.07, 6.45) is -0.104. The third-order valence-electron chi connectivity index (χ3n) is 1.71. The van der Waals surface area contributed by atoms with Crippen LogP contribution in [0.25, 0.3) is 0 Å². The van der Waals surface area contributed by atoms with E-state index in [0.717, 1.165) is 5.75 Å². The van der Waals surface area contributed by atoms with Gasteiger partial charge in [-0.2, -0.15) is 0 Å². The van der Waals surface area contributed by atoms with Crippen LogP contribution in [0.1, 0.15) is 13.3 Å². The lowest BCUT2D eigenvalue weighted by molar-refractivity contribution is -0.306. The summed E-state index contributed by atoms with van der Waals surface area (Å²) >= 11 is 0. The van der Waals surface area contributed by atoms with Crippen molar-refractivity contribution < 1.29 is 19.4 Å². The lowest BCUT2D eigenvalue weighted by Gasteiger charge is -2.07. The maximum Gasteiger partial charge on any atom is 0.119 e. The molecule has 0 N–H and O–H groups in total. The second-order valence-electron chi connectivity index (χ2n) is 2.87. The molecule has 4 nitrogen and oxygen atoms in total. The molecule has 0 radical (unpaired) electrons. The van der Waals surface area contributed by atoms with Gasteiger partial charge < -0.3 is 19.4 Å². The van der Waals surface area contributed by atoms with Crippen molar-refractivity contribution in [2.45, 2.75) is 13.3 Å². The first-order valence-electron chi connectivity index (χ1n) is 4.78. The van der Waals surface area contributed by atoms with Gasteiger partial charge in [0.05, 0.1) is 13.2 Å². The fourth-order valence-corrected chi connectivity index (χ4v) is 1.05. The number of hydrogen-bond acceptors (Lipinski definition) is 4. The van der Waals surface area contributed by atoms with Gasteiger partial charge in [0, 0.05) is 12.4 Å². The van der Waals surface area contributed by atoms with Crippen LogP contribution in [0.4, 0.5) is 0 Å². The van der Waals surface area contributed by atoms with Gasteiger partial charge in [0.25, 0.3) is 0 Å². The molecule has 0 saturated carbocycles. The normalized spacial score (nSPS) is 9.67. The zero-order chi connectivity index (χ0) is 11.1. The maximum atomic E-state index is 10.1. The third-order valence-corrected chi connectivity index (χ3v) is 1.71. The summed E-state index contributed by atoms with van der Waals surface area (Å²) in [5.41, 5.74) is 0. The Morgan fingerprint density at radius 1 is 1.20 bits per heavy atom.